The molecule has 1 aliphatic rings. The third-order valence-corrected chi connectivity index (χ3v) is 8.16. The highest BCUT2D eigenvalue weighted by Crippen LogP contribution is 2.32. The second-order valence-electron chi connectivity index (χ2n) is 9.73. The van der Waals surface area contributed by atoms with Crippen molar-refractivity contribution in [2.75, 3.05) is 11.4 Å². The number of fused-ring (bicyclic) bond motifs is 1. The smallest absolute Gasteiger partial charge is 0.0432 e. The molecule has 0 bridgehead atoms. The van der Waals surface area contributed by atoms with E-state index in [0.29, 0.717) is 11.8 Å². The second-order valence-corrected chi connectivity index (χ2v) is 10.7. The molecule has 1 atom stereocenters. The zero-order valence-electron chi connectivity index (χ0n) is 19.9. The number of benzene rings is 3. The molecule has 1 nitrogen and oxygen atoms in total. The fourth-order valence-corrected chi connectivity index (χ4v) is 5.83. The standard InChI is InChI=1S/C31H33NS/c1-22(2)31-19-29(21-33-31)27-9-7-8-24(17-27)16-23(3)26-13-12-25-14-15-32(20-28(25)18-26)30-10-5-4-6-11-30/h4-13,17-19,21-23H,14-16,20H2,1-3H3/t23-/m1/s1. The molecule has 168 valence electrons. The predicted octanol–water partition coefficient (Wildman–Crippen LogP) is 8.45. The number of hydrogen-bond donors (Lipinski definition) is 0. The van der Waals surface area contributed by atoms with E-state index in [1.807, 2.05) is 11.3 Å². The molecular formula is C31H33NS. The van der Waals surface area contributed by atoms with E-state index in [0.717, 1.165) is 25.9 Å². The molecule has 3 aromatic carbocycles. The van der Waals surface area contributed by atoms with Crippen molar-refractivity contribution in [3.8, 4) is 11.1 Å². The van der Waals surface area contributed by atoms with Gasteiger partial charge in [-0.25, -0.2) is 0 Å². The van der Waals surface area contributed by atoms with Gasteiger partial charge in [0, 0.05) is 23.7 Å². The monoisotopic (exact) mass is 451 g/mol. The summed E-state index contributed by atoms with van der Waals surface area (Å²) in [5.74, 6) is 1.08. The molecular weight excluding hydrogens is 418 g/mol. The second kappa shape index (κ2) is 9.57. The van der Waals surface area contributed by atoms with E-state index in [9.17, 15) is 0 Å². The van der Waals surface area contributed by atoms with Crippen molar-refractivity contribution in [2.45, 2.75) is 52.0 Å². The van der Waals surface area contributed by atoms with Gasteiger partial charge in [0.05, 0.1) is 0 Å². The largest absolute Gasteiger partial charge is 0.367 e. The normalized spacial score (nSPS) is 14.4. The molecule has 0 unspecified atom stereocenters. The quantitative estimate of drug-likeness (QED) is 0.284. The van der Waals surface area contributed by atoms with E-state index >= 15 is 0 Å². The minimum Gasteiger partial charge on any atom is -0.367 e. The van der Waals surface area contributed by atoms with E-state index in [1.165, 1.54) is 43.9 Å². The van der Waals surface area contributed by atoms with Crippen molar-refractivity contribution >= 4 is 17.0 Å². The minimum absolute atomic E-state index is 0.492. The van der Waals surface area contributed by atoms with Crippen LogP contribution in [0.15, 0.2) is 84.2 Å². The van der Waals surface area contributed by atoms with Gasteiger partial charge in [0.1, 0.15) is 0 Å². The van der Waals surface area contributed by atoms with E-state index in [-0.39, 0.29) is 0 Å². The Hall–Kier alpha value is -2.84. The highest BCUT2D eigenvalue weighted by atomic mass is 32.1. The third kappa shape index (κ3) is 4.91. The number of anilines is 1. The molecule has 2 heteroatoms. The maximum absolute atomic E-state index is 2.51. The van der Waals surface area contributed by atoms with Crippen LogP contribution in [0.2, 0.25) is 0 Å². The van der Waals surface area contributed by atoms with Gasteiger partial charge in [-0.05, 0) is 81.6 Å². The molecule has 1 aromatic heterocycles. The SMILES string of the molecule is CC(C)c1cc(-c2cccc(C[C@@H](C)c3ccc4c(c3)CN(c3ccccc3)CC4)c2)cs1. The van der Waals surface area contributed by atoms with Crippen LogP contribution in [0.1, 0.15) is 59.7 Å². The highest BCUT2D eigenvalue weighted by molar-refractivity contribution is 7.10. The third-order valence-electron chi connectivity index (χ3n) is 6.92. The van der Waals surface area contributed by atoms with Gasteiger partial charge < -0.3 is 4.90 Å². The van der Waals surface area contributed by atoms with Crippen LogP contribution < -0.4 is 4.90 Å². The van der Waals surface area contributed by atoms with Gasteiger partial charge in [0.15, 0.2) is 0 Å². The maximum Gasteiger partial charge on any atom is 0.0432 e. The molecule has 0 fully saturated rings. The molecule has 0 N–H and O–H groups in total. The number of hydrogen-bond acceptors (Lipinski definition) is 2. The summed E-state index contributed by atoms with van der Waals surface area (Å²) in [5, 5.41) is 2.31. The number of nitrogens with zero attached hydrogens (tertiary/aromatic N) is 1. The Balaban J connectivity index is 1.32. The van der Waals surface area contributed by atoms with Crippen LogP contribution in [0.5, 0.6) is 0 Å². The van der Waals surface area contributed by atoms with Crippen molar-refractivity contribution < 1.29 is 0 Å². The van der Waals surface area contributed by atoms with Gasteiger partial charge in [-0.3, -0.25) is 0 Å². The van der Waals surface area contributed by atoms with Crippen LogP contribution in [0.4, 0.5) is 5.69 Å². The Labute approximate surface area is 202 Å². The Morgan fingerprint density at radius 3 is 2.45 bits per heavy atom. The highest BCUT2D eigenvalue weighted by Gasteiger charge is 2.18. The zero-order chi connectivity index (χ0) is 22.8. The lowest BCUT2D eigenvalue weighted by Gasteiger charge is -2.31. The first kappa shape index (κ1) is 22.0. The van der Waals surface area contributed by atoms with E-state index < -0.39 is 0 Å². The molecule has 33 heavy (non-hydrogen) atoms. The molecule has 2 heterocycles. The number of rotatable bonds is 6. The van der Waals surface area contributed by atoms with Crippen molar-refractivity contribution in [2.24, 2.45) is 0 Å². The summed E-state index contributed by atoms with van der Waals surface area (Å²) < 4.78 is 0. The maximum atomic E-state index is 2.51. The van der Waals surface area contributed by atoms with Crippen LogP contribution in [0, 0.1) is 0 Å². The summed E-state index contributed by atoms with van der Waals surface area (Å²) in [6.45, 7) is 9.01. The summed E-state index contributed by atoms with van der Waals surface area (Å²) in [6, 6.07) is 29.5. The molecule has 0 spiro atoms. The van der Waals surface area contributed by atoms with Crippen molar-refractivity contribution in [3.05, 3.63) is 111 Å². The average molecular weight is 452 g/mol. The van der Waals surface area contributed by atoms with Gasteiger partial charge in [-0.1, -0.05) is 81.4 Å². The minimum atomic E-state index is 0.492. The number of thiophene rings is 1. The van der Waals surface area contributed by atoms with E-state index in [2.05, 4.69) is 110 Å². The topological polar surface area (TPSA) is 3.24 Å². The van der Waals surface area contributed by atoms with Gasteiger partial charge >= 0.3 is 0 Å². The van der Waals surface area contributed by atoms with Gasteiger partial charge in [-0.2, -0.15) is 0 Å². The zero-order valence-corrected chi connectivity index (χ0v) is 20.7. The lowest BCUT2D eigenvalue weighted by Crippen LogP contribution is -2.30. The van der Waals surface area contributed by atoms with Crippen LogP contribution in [0.25, 0.3) is 11.1 Å². The van der Waals surface area contributed by atoms with Crippen LogP contribution in [-0.4, -0.2) is 6.54 Å². The van der Waals surface area contributed by atoms with Crippen LogP contribution in [0.3, 0.4) is 0 Å². The lowest BCUT2D eigenvalue weighted by atomic mass is 9.88. The van der Waals surface area contributed by atoms with Gasteiger partial charge in [0.25, 0.3) is 0 Å². The van der Waals surface area contributed by atoms with Crippen molar-refractivity contribution in [1.82, 2.24) is 0 Å². The van der Waals surface area contributed by atoms with E-state index in [1.54, 1.807) is 0 Å². The fraction of sp³-hybridized carbons (Fsp3) is 0.290. The van der Waals surface area contributed by atoms with E-state index in [4.69, 9.17) is 0 Å². The van der Waals surface area contributed by atoms with Gasteiger partial charge in [-0.15, -0.1) is 11.3 Å². The summed E-state index contributed by atoms with van der Waals surface area (Å²) in [4.78, 5) is 3.97. The molecule has 0 amide bonds. The lowest BCUT2D eigenvalue weighted by molar-refractivity contribution is 0.717. The molecule has 0 saturated heterocycles. The first-order valence-electron chi connectivity index (χ1n) is 12.2. The molecule has 5 rings (SSSR count). The predicted molar refractivity (Wildman–Crippen MR) is 144 cm³/mol. The molecule has 4 aromatic rings. The summed E-state index contributed by atoms with van der Waals surface area (Å²) in [6.07, 6.45) is 2.19. The van der Waals surface area contributed by atoms with Crippen molar-refractivity contribution in [1.29, 1.82) is 0 Å². The molecule has 0 aliphatic carbocycles. The van der Waals surface area contributed by atoms with Gasteiger partial charge in [0.2, 0.25) is 0 Å². The van der Waals surface area contributed by atoms with Crippen LogP contribution in [-0.2, 0) is 19.4 Å². The first-order valence-corrected chi connectivity index (χ1v) is 13.0. The Bertz CT molecular complexity index is 1220. The Morgan fingerprint density at radius 1 is 0.818 bits per heavy atom. The first-order chi connectivity index (χ1) is 16.1. The molecule has 1 aliphatic heterocycles. The number of para-hydroxylation sites is 1. The summed E-state index contributed by atoms with van der Waals surface area (Å²) in [7, 11) is 0. The fourth-order valence-electron chi connectivity index (χ4n) is 4.90. The molecule has 0 radical (unpaired) electrons. The van der Waals surface area contributed by atoms with Crippen LogP contribution >= 0.6 is 11.3 Å². The Morgan fingerprint density at radius 2 is 1.67 bits per heavy atom. The molecule has 0 saturated carbocycles. The Kier molecular flexibility index (Phi) is 6.37. The van der Waals surface area contributed by atoms with Crippen molar-refractivity contribution in [3.63, 3.8) is 0 Å². The average Bonchev–Trinajstić information content (AvgIpc) is 3.35. The summed E-state index contributed by atoms with van der Waals surface area (Å²) >= 11 is 1.88. The summed E-state index contributed by atoms with van der Waals surface area (Å²) in [5.41, 5.74) is 9.89.